The van der Waals surface area contributed by atoms with Gasteiger partial charge in [-0.3, -0.25) is 4.98 Å². The number of benzene rings is 2. The van der Waals surface area contributed by atoms with Gasteiger partial charge in [-0.25, -0.2) is 0 Å². The predicted octanol–water partition coefficient (Wildman–Crippen LogP) is 6.79. The van der Waals surface area contributed by atoms with E-state index in [1.165, 1.54) is 10.4 Å². The van der Waals surface area contributed by atoms with Crippen LogP contribution >= 0.6 is 27.3 Å². The highest BCUT2D eigenvalue weighted by Crippen LogP contribution is 2.35. The van der Waals surface area contributed by atoms with Crippen LogP contribution in [0.1, 0.15) is 5.56 Å². The molecule has 26 heavy (non-hydrogen) atoms. The maximum absolute atomic E-state index is 5.51. The lowest BCUT2D eigenvalue weighted by Gasteiger charge is -2.13. The number of anilines is 2. The number of hydrogen-bond acceptors (Lipinski definition) is 4. The van der Waals surface area contributed by atoms with Gasteiger partial charge in [0.15, 0.2) is 0 Å². The van der Waals surface area contributed by atoms with Gasteiger partial charge in [0.05, 0.1) is 12.6 Å². The summed E-state index contributed by atoms with van der Waals surface area (Å²) in [6.07, 6.45) is 1.82. The molecule has 0 radical (unpaired) electrons. The molecule has 2 aromatic heterocycles. The Labute approximate surface area is 164 Å². The Hall–Kier alpha value is -2.37. The summed E-state index contributed by atoms with van der Waals surface area (Å²) in [6.45, 7) is 2.11. The molecule has 0 aliphatic rings. The number of nitrogens with zero attached hydrogens (tertiary/aromatic N) is 1. The van der Waals surface area contributed by atoms with Crippen molar-refractivity contribution in [3.63, 3.8) is 0 Å². The number of methoxy groups -OCH3 is 1. The fourth-order valence-corrected chi connectivity index (χ4v) is 4.15. The van der Waals surface area contributed by atoms with Crippen molar-refractivity contribution in [3.8, 4) is 16.2 Å². The fraction of sp³-hybridized carbons (Fsp3) is 0.0952. The zero-order chi connectivity index (χ0) is 18.1. The number of hydrogen-bond donors (Lipinski definition) is 1. The first-order valence-electron chi connectivity index (χ1n) is 8.18. The van der Waals surface area contributed by atoms with Gasteiger partial charge in [-0.05, 0) is 65.9 Å². The van der Waals surface area contributed by atoms with Crippen LogP contribution in [0.5, 0.6) is 5.75 Å². The number of aryl methyl sites for hydroxylation is 1. The molecule has 130 valence electrons. The van der Waals surface area contributed by atoms with E-state index in [1.54, 1.807) is 18.4 Å². The number of rotatable bonds is 4. The average Bonchev–Trinajstić information content (AvgIpc) is 3.08. The smallest absolute Gasteiger partial charge is 0.121 e. The molecule has 0 amide bonds. The second-order valence-corrected chi connectivity index (χ2v) is 7.91. The van der Waals surface area contributed by atoms with Crippen LogP contribution in [0.3, 0.4) is 0 Å². The van der Waals surface area contributed by atoms with E-state index in [0.717, 1.165) is 38.1 Å². The number of fused-ring (bicyclic) bond motifs is 1. The van der Waals surface area contributed by atoms with E-state index in [-0.39, 0.29) is 0 Å². The average molecular weight is 425 g/mol. The lowest BCUT2D eigenvalue weighted by atomic mass is 10.1. The van der Waals surface area contributed by atoms with E-state index >= 15 is 0 Å². The Bertz CT molecular complexity index is 1090. The van der Waals surface area contributed by atoms with Gasteiger partial charge in [-0.2, -0.15) is 0 Å². The molecule has 0 bridgehead atoms. The zero-order valence-corrected chi connectivity index (χ0v) is 16.8. The second kappa shape index (κ2) is 7.09. The van der Waals surface area contributed by atoms with Gasteiger partial charge in [-0.15, -0.1) is 11.3 Å². The fourth-order valence-electron chi connectivity index (χ4n) is 2.90. The summed E-state index contributed by atoms with van der Waals surface area (Å²) in [7, 11) is 1.70. The van der Waals surface area contributed by atoms with E-state index in [1.807, 2.05) is 30.5 Å². The standard InChI is InChI=1S/C21H17BrN2OS/c1-13-7-21(26-12-13)14-8-16(11-17(9-14)25-2)24-20-5-6-23-19-4-3-15(22)10-18(19)20/h3-12H,1-2H3,(H,23,24). The summed E-state index contributed by atoms with van der Waals surface area (Å²) < 4.78 is 6.54. The molecule has 0 aliphatic carbocycles. The van der Waals surface area contributed by atoms with Crippen molar-refractivity contribution in [3.05, 3.63) is 70.1 Å². The summed E-state index contributed by atoms with van der Waals surface area (Å²) in [6, 6.07) is 16.5. The van der Waals surface area contributed by atoms with Crippen LogP contribution in [0.4, 0.5) is 11.4 Å². The summed E-state index contributed by atoms with van der Waals surface area (Å²) in [5.41, 5.74) is 5.36. The first kappa shape index (κ1) is 17.1. The number of aromatic nitrogens is 1. The monoisotopic (exact) mass is 424 g/mol. The summed E-state index contributed by atoms with van der Waals surface area (Å²) in [5.74, 6) is 0.829. The van der Waals surface area contributed by atoms with Crippen molar-refractivity contribution in [2.75, 3.05) is 12.4 Å². The maximum atomic E-state index is 5.51. The number of ether oxygens (including phenoxy) is 1. The van der Waals surface area contributed by atoms with Gasteiger partial charge < -0.3 is 10.1 Å². The molecule has 4 aromatic rings. The van der Waals surface area contributed by atoms with Gasteiger partial charge in [0.25, 0.3) is 0 Å². The molecular formula is C21H17BrN2OS. The zero-order valence-electron chi connectivity index (χ0n) is 14.4. The molecule has 0 atom stereocenters. The van der Waals surface area contributed by atoms with Crippen LogP contribution in [0.2, 0.25) is 0 Å². The molecular weight excluding hydrogens is 408 g/mol. The molecule has 0 spiro atoms. The van der Waals surface area contributed by atoms with Crippen LogP contribution < -0.4 is 10.1 Å². The third-order valence-corrected chi connectivity index (χ3v) is 5.73. The summed E-state index contributed by atoms with van der Waals surface area (Å²) in [5, 5.41) is 6.76. The van der Waals surface area contributed by atoms with Gasteiger partial charge in [0.1, 0.15) is 5.75 Å². The van der Waals surface area contributed by atoms with Crippen LogP contribution in [0, 0.1) is 6.92 Å². The van der Waals surface area contributed by atoms with Crippen molar-refractivity contribution in [2.45, 2.75) is 6.92 Å². The van der Waals surface area contributed by atoms with Crippen molar-refractivity contribution in [1.29, 1.82) is 0 Å². The topological polar surface area (TPSA) is 34.1 Å². The predicted molar refractivity (Wildman–Crippen MR) is 114 cm³/mol. The number of nitrogens with one attached hydrogen (secondary N) is 1. The summed E-state index contributed by atoms with van der Waals surface area (Å²) >= 11 is 5.29. The highest BCUT2D eigenvalue weighted by molar-refractivity contribution is 9.10. The lowest BCUT2D eigenvalue weighted by molar-refractivity contribution is 0.415. The molecule has 0 fully saturated rings. The van der Waals surface area contributed by atoms with Gasteiger partial charge in [-0.1, -0.05) is 15.9 Å². The molecule has 5 heteroatoms. The van der Waals surface area contributed by atoms with Gasteiger partial charge >= 0.3 is 0 Å². The van der Waals surface area contributed by atoms with E-state index in [0.29, 0.717) is 0 Å². The van der Waals surface area contributed by atoms with Crippen molar-refractivity contribution >= 4 is 49.5 Å². The SMILES string of the molecule is COc1cc(Nc2ccnc3ccc(Br)cc23)cc(-c2cc(C)cs2)c1. The van der Waals surface area contributed by atoms with Gasteiger partial charge in [0.2, 0.25) is 0 Å². The number of thiophene rings is 1. The molecule has 3 nitrogen and oxygen atoms in total. The number of pyridine rings is 1. The Morgan fingerprint density at radius 3 is 2.73 bits per heavy atom. The van der Waals surface area contributed by atoms with Crippen molar-refractivity contribution in [2.24, 2.45) is 0 Å². The van der Waals surface area contributed by atoms with E-state index in [2.05, 4.69) is 62.8 Å². The quantitative estimate of drug-likeness (QED) is 0.391. The van der Waals surface area contributed by atoms with Gasteiger partial charge in [0, 0.05) is 38.4 Å². The molecule has 0 saturated heterocycles. The molecule has 4 rings (SSSR count). The highest BCUT2D eigenvalue weighted by atomic mass is 79.9. The van der Waals surface area contributed by atoms with E-state index in [4.69, 9.17) is 4.74 Å². The first-order valence-corrected chi connectivity index (χ1v) is 9.85. The highest BCUT2D eigenvalue weighted by Gasteiger charge is 2.08. The minimum Gasteiger partial charge on any atom is -0.497 e. The largest absolute Gasteiger partial charge is 0.497 e. The summed E-state index contributed by atoms with van der Waals surface area (Å²) in [4.78, 5) is 5.67. The Morgan fingerprint density at radius 2 is 1.96 bits per heavy atom. The van der Waals surface area contributed by atoms with E-state index in [9.17, 15) is 0 Å². The Morgan fingerprint density at radius 1 is 1.08 bits per heavy atom. The second-order valence-electron chi connectivity index (χ2n) is 6.08. The van der Waals surface area contributed by atoms with Crippen molar-refractivity contribution < 1.29 is 4.74 Å². The molecule has 0 unspecified atom stereocenters. The number of halogens is 1. The third kappa shape index (κ3) is 3.45. The Kier molecular flexibility index (Phi) is 4.66. The first-order chi connectivity index (χ1) is 12.6. The molecule has 0 aliphatic heterocycles. The van der Waals surface area contributed by atoms with Crippen LogP contribution in [0.15, 0.2) is 64.6 Å². The normalized spacial score (nSPS) is 10.9. The maximum Gasteiger partial charge on any atom is 0.121 e. The van der Waals surface area contributed by atoms with Crippen molar-refractivity contribution in [1.82, 2.24) is 4.98 Å². The molecule has 2 aromatic carbocycles. The molecule has 1 N–H and O–H groups in total. The minimum atomic E-state index is 0.829. The molecule has 0 saturated carbocycles. The molecule has 2 heterocycles. The Balaban J connectivity index is 1.78. The third-order valence-electron chi connectivity index (χ3n) is 4.14. The van der Waals surface area contributed by atoms with Crippen LogP contribution in [0.25, 0.3) is 21.3 Å². The minimum absolute atomic E-state index is 0.829. The van der Waals surface area contributed by atoms with Crippen LogP contribution in [-0.4, -0.2) is 12.1 Å². The van der Waals surface area contributed by atoms with Crippen LogP contribution in [-0.2, 0) is 0 Å². The lowest BCUT2D eigenvalue weighted by Crippen LogP contribution is -1.94. The van der Waals surface area contributed by atoms with E-state index < -0.39 is 0 Å².